The van der Waals surface area contributed by atoms with Gasteiger partial charge in [0.05, 0.1) is 11.3 Å². The average molecular weight is 488 g/mol. The first-order valence-electron chi connectivity index (χ1n) is 9.90. The standard InChI is InChI=1S/C23H16F4N4O2S/c1-13-9-19(32)20(30-31(13)16-7-4-6-15(11-16)23(25,26)27)21(33)29-22-28-12-17(34-22)10-14-5-2-3-8-18(14)24/h2-9,11-12H,10H2,1H3,(H,28,29,33). The monoisotopic (exact) mass is 488 g/mol. The number of nitrogens with zero attached hydrogens (tertiary/aromatic N) is 3. The maximum absolute atomic E-state index is 13.9. The van der Waals surface area contributed by atoms with Crippen molar-refractivity contribution in [3.63, 3.8) is 0 Å². The fourth-order valence-electron chi connectivity index (χ4n) is 3.21. The first-order chi connectivity index (χ1) is 16.1. The topological polar surface area (TPSA) is 76.9 Å². The molecular weight excluding hydrogens is 472 g/mol. The second-order valence-electron chi connectivity index (χ2n) is 7.31. The summed E-state index contributed by atoms with van der Waals surface area (Å²) in [7, 11) is 0. The smallest absolute Gasteiger partial charge is 0.296 e. The van der Waals surface area contributed by atoms with E-state index in [-0.39, 0.29) is 28.8 Å². The normalized spacial score (nSPS) is 11.4. The highest BCUT2D eigenvalue weighted by Crippen LogP contribution is 2.30. The first-order valence-corrected chi connectivity index (χ1v) is 10.7. The van der Waals surface area contributed by atoms with E-state index in [1.807, 2.05) is 0 Å². The molecule has 0 bridgehead atoms. The third kappa shape index (κ3) is 5.04. The minimum Gasteiger partial charge on any atom is -0.296 e. The van der Waals surface area contributed by atoms with E-state index in [2.05, 4.69) is 15.4 Å². The number of thiazole rings is 1. The van der Waals surface area contributed by atoms with Crippen molar-refractivity contribution in [2.45, 2.75) is 19.5 Å². The number of carbonyl (C=O) groups excluding carboxylic acids is 1. The summed E-state index contributed by atoms with van der Waals surface area (Å²) in [6.45, 7) is 1.49. The summed E-state index contributed by atoms with van der Waals surface area (Å²) in [6.07, 6.45) is -2.81. The molecule has 1 amide bonds. The van der Waals surface area contributed by atoms with Crippen LogP contribution in [0.4, 0.5) is 22.7 Å². The molecule has 174 valence electrons. The highest BCUT2D eigenvalue weighted by atomic mass is 32.1. The van der Waals surface area contributed by atoms with Crippen LogP contribution in [0, 0.1) is 12.7 Å². The van der Waals surface area contributed by atoms with E-state index in [1.165, 1.54) is 31.3 Å². The minimum absolute atomic E-state index is 0.0443. The number of carbonyl (C=O) groups is 1. The zero-order valence-electron chi connectivity index (χ0n) is 17.6. The Labute approximate surface area is 194 Å². The van der Waals surface area contributed by atoms with Gasteiger partial charge < -0.3 is 0 Å². The number of halogens is 4. The quantitative estimate of drug-likeness (QED) is 0.401. The van der Waals surface area contributed by atoms with Crippen molar-refractivity contribution < 1.29 is 22.4 Å². The van der Waals surface area contributed by atoms with Gasteiger partial charge in [0.2, 0.25) is 5.43 Å². The average Bonchev–Trinajstić information content (AvgIpc) is 3.21. The molecule has 0 aliphatic rings. The van der Waals surface area contributed by atoms with Crippen LogP contribution < -0.4 is 10.7 Å². The molecule has 0 saturated heterocycles. The molecule has 2 aromatic carbocycles. The molecule has 4 rings (SSSR count). The lowest BCUT2D eigenvalue weighted by Gasteiger charge is -2.13. The van der Waals surface area contributed by atoms with Crippen molar-refractivity contribution in [1.29, 1.82) is 0 Å². The Hall–Kier alpha value is -3.86. The van der Waals surface area contributed by atoms with Crippen LogP contribution in [0.25, 0.3) is 5.69 Å². The summed E-state index contributed by atoms with van der Waals surface area (Å²) in [6, 6.07) is 11.8. The molecule has 0 unspecified atom stereocenters. The van der Waals surface area contributed by atoms with Gasteiger partial charge in [0, 0.05) is 29.3 Å². The molecule has 0 aliphatic heterocycles. The second kappa shape index (κ2) is 9.18. The fraction of sp³-hybridized carbons (Fsp3) is 0.130. The van der Waals surface area contributed by atoms with Gasteiger partial charge in [-0.05, 0) is 36.8 Å². The number of amides is 1. The molecule has 2 aromatic heterocycles. The predicted octanol–water partition coefficient (Wildman–Crippen LogP) is 5.00. The summed E-state index contributed by atoms with van der Waals surface area (Å²) in [5, 5.41) is 6.64. The molecule has 1 N–H and O–H groups in total. The Morgan fingerprint density at radius 1 is 1.12 bits per heavy atom. The number of hydrogen-bond acceptors (Lipinski definition) is 5. The van der Waals surface area contributed by atoms with E-state index < -0.39 is 28.8 Å². The van der Waals surface area contributed by atoms with Crippen molar-refractivity contribution in [3.05, 3.63) is 104 Å². The summed E-state index contributed by atoms with van der Waals surface area (Å²) in [5.74, 6) is -1.22. The van der Waals surface area contributed by atoms with E-state index in [1.54, 1.807) is 18.2 Å². The molecule has 6 nitrogen and oxygen atoms in total. The molecule has 4 aromatic rings. The maximum Gasteiger partial charge on any atom is 0.416 e. The third-order valence-corrected chi connectivity index (χ3v) is 5.75. The van der Waals surface area contributed by atoms with Gasteiger partial charge >= 0.3 is 6.18 Å². The van der Waals surface area contributed by atoms with Crippen molar-refractivity contribution in [3.8, 4) is 5.69 Å². The number of aromatic nitrogens is 3. The Morgan fingerprint density at radius 3 is 2.62 bits per heavy atom. The highest BCUT2D eigenvalue weighted by Gasteiger charge is 2.30. The third-order valence-electron chi connectivity index (χ3n) is 4.84. The molecule has 0 radical (unpaired) electrons. The van der Waals surface area contributed by atoms with Crippen LogP contribution in [0.3, 0.4) is 0 Å². The molecule has 34 heavy (non-hydrogen) atoms. The van der Waals surface area contributed by atoms with Gasteiger partial charge in [-0.3, -0.25) is 14.9 Å². The zero-order chi connectivity index (χ0) is 24.5. The van der Waals surface area contributed by atoms with Gasteiger partial charge in [0.1, 0.15) is 5.82 Å². The van der Waals surface area contributed by atoms with Gasteiger partial charge in [-0.15, -0.1) is 11.3 Å². The number of nitrogens with one attached hydrogen (secondary N) is 1. The number of alkyl halides is 3. The maximum atomic E-state index is 13.9. The van der Waals surface area contributed by atoms with Crippen LogP contribution in [-0.2, 0) is 12.6 Å². The SMILES string of the molecule is Cc1cc(=O)c(C(=O)Nc2ncc(Cc3ccccc3F)s2)nn1-c1cccc(C(F)(F)F)c1. The molecule has 11 heteroatoms. The molecular formula is C23H16F4N4O2S. The van der Waals surface area contributed by atoms with Crippen LogP contribution in [-0.4, -0.2) is 20.7 Å². The van der Waals surface area contributed by atoms with Crippen molar-refractivity contribution >= 4 is 22.4 Å². The fourth-order valence-corrected chi connectivity index (χ4v) is 4.04. The molecule has 2 heterocycles. The number of anilines is 1. The van der Waals surface area contributed by atoms with Crippen LogP contribution in [0.5, 0.6) is 0 Å². The molecule has 0 saturated carbocycles. The van der Waals surface area contributed by atoms with Gasteiger partial charge in [-0.25, -0.2) is 14.1 Å². The van der Waals surface area contributed by atoms with E-state index in [0.717, 1.165) is 34.2 Å². The van der Waals surface area contributed by atoms with Crippen LogP contribution >= 0.6 is 11.3 Å². The lowest BCUT2D eigenvalue weighted by atomic mass is 10.1. The largest absolute Gasteiger partial charge is 0.416 e. The number of benzene rings is 2. The number of aryl methyl sites for hydroxylation is 1. The minimum atomic E-state index is -4.56. The van der Waals surface area contributed by atoms with Crippen molar-refractivity contribution in [2.24, 2.45) is 0 Å². The zero-order valence-corrected chi connectivity index (χ0v) is 18.4. The van der Waals surface area contributed by atoms with Crippen LogP contribution in [0.15, 0.2) is 65.6 Å². The van der Waals surface area contributed by atoms with Gasteiger partial charge in [0.15, 0.2) is 10.8 Å². The Morgan fingerprint density at radius 2 is 1.88 bits per heavy atom. The Balaban J connectivity index is 1.58. The molecule has 0 atom stereocenters. The lowest BCUT2D eigenvalue weighted by molar-refractivity contribution is -0.137. The van der Waals surface area contributed by atoms with Gasteiger partial charge in [-0.2, -0.15) is 18.3 Å². The van der Waals surface area contributed by atoms with Crippen LogP contribution in [0.1, 0.15) is 32.2 Å². The first kappa shape index (κ1) is 23.3. The van der Waals surface area contributed by atoms with Gasteiger partial charge in [0.25, 0.3) is 5.91 Å². The van der Waals surface area contributed by atoms with Crippen LogP contribution in [0.2, 0.25) is 0 Å². The lowest BCUT2D eigenvalue weighted by Crippen LogP contribution is -2.27. The number of rotatable bonds is 5. The van der Waals surface area contributed by atoms with E-state index in [9.17, 15) is 27.2 Å². The second-order valence-corrected chi connectivity index (χ2v) is 8.43. The Bertz CT molecular complexity index is 1430. The molecule has 0 spiro atoms. The van der Waals surface area contributed by atoms with E-state index >= 15 is 0 Å². The summed E-state index contributed by atoms with van der Waals surface area (Å²) in [5.41, 5.74) is -1.32. The van der Waals surface area contributed by atoms with E-state index in [4.69, 9.17) is 0 Å². The summed E-state index contributed by atoms with van der Waals surface area (Å²) >= 11 is 1.10. The van der Waals surface area contributed by atoms with Gasteiger partial charge in [-0.1, -0.05) is 24.3 Å². The molecule has 0 aliphatic carbocycles. The molecule has 0 fully saturated rings. The highest BCUT2D eigenvalue weighted by molar-refractivity contribution is 7.15. The Kier molecular flexibility index (Phi) is 6.29. The summed E-state index contributed by atoms with van der Waals surface area (Å²) < 4.78 is 54.2. The van der Waals surface area contributed by atoms with E-state index in [0.29, 0.717) is 10.4 Å². The number of hydrogen-bond donors (Lipinski definition) is 1. The van der Waals surface area contributed by atoms with Crippen molar-refractivity contribution in [1.82, 2.24) is 14.8 Å². The predicted molar refractivity (Wildman–Crippen MR) is 119 cm³/mol. The summed E-state index contributed by atoms with van der Waals surface area (Å²) in [4.78, 5) is 29.9. The van der Waals surface area contributed by atoms with Crippen molar-refractivity contribution in [2.75, 3.05) is 5.32 Å².